The molecule has 5 rings (SSSR count). The smallest absolute Gasteiger partial charge is 0.285 e. The fraction of sp³-hybridized carbons (Fsp3) is 0.417. The van der Waals surface area contributed by atoms with Gasteiger partial charge in [0.1, 0.15) is 10.9 Å². The van der Waals surface area contributed by atoms with Crippen LogP contribution in [0.1, 0.15) is 49.7 Å². The molecular weight excluding hydrogens is 410 g/mol. The lowest BCUT2D eigenvalue weighted by Crippen LogP contribution is -2.49. The van der Waals surface area contributed by atoms with Gasteiger partial charge in [-0.05, 0) is 43.4 Å². The maximum Gasteiger partial charge on any atom is 0.285 e. The summed E-state index contributed by atoms with van der Waals surface area (Å²) in [5.41, 5.74) is 1.87. The minimum atomic E-state index is -3.70. The first-order valence-electron chi connectivity index (χ1n) is 11.0. The van der Waals surface area contributed by atoms with Gasteiger partial charge in [-0.2, -0.15) is 8.42 Å². The third-order valence-electron chi connectivity index (χ3n) is 6.99. The van der Waals surface area contributed by atoms with Gasteiger partial charge in [0.05, 0.1) is 0 Å². The second-order valence-corrected chi connectivity index (χ2v) is 10.4. The number of likely N-dealkylation sites (tertiary alicyclic amines) is 1. The number of carbonyl (C=O) groups excluding carboxylic acids is 1. The number of fused-ring (bicyclic) bond motifs is 1. The first-order valence-corrected chi connectivity index (χ1v) is 12.5. The van der Waals surface area contributed by atoms with Crippen LogP contribution in [0.15, 0.2) is 63.9 Å². The maximum absolute atomic E-state index is 13.3. The Morgan fingerprint density at radius 2 is 1.74 bits per heavy atom. The summed E-state index contributed by atoms with van der Waals surface area (Å²) in [5, 5.41) is 3.22. The van der Waals surface area contributed by atoms with Gasteiger partial charge < -0.3 is 10.2 Å². The largest absolute Gasteiger partial charge is 0.353 e. The molecule has 7 heteroatoms. The molecule has 1 saturated heterocycles. The van der Waals surface area contributed by atoms with Crippen molar-refractivity contribution in [3.63, 3.8) is 0 Å². The molecule has 0 spiro atoms. The van der Waals surface area contributed by atoms with Crippen LogP contribution in [0.25, 0.3) is 0 Å². The molecule has 0 aromatic heterocycles. The highest BCUT2D eigenvalue weighted by atomic mass is 32.2. The van der Waals surface area contributed by atoms with Crippen LogP contribution in [0.4, 0.5) is 0 Å². The highest BCUT2D eigenvalue weighted by Gasteiger charge is 2.41. The molecule has 2 heterocycles. The first-order chi connectivity index (χ1) is 15.0. The van der Waals surface area contributed by atoms with E-state index < -0.39 is 16.1 Å². The van der Waals surface area contributed by atoms with Crippen LogP contribution in [0.5, 0.6) is 0 Å². The van der Waals surface area contributed by atoms with Crippen molar-refractivity contribution >= 4 is 21.8 Å². The van der Waals surface area contributed by atoms with Crippen LogP contribution in [0, 0.1) is 0 Å². The van der Waals surface area contributed by atoms with Crippen LogP contribution in [-0.2, 0) is 20.2 Å². The first kappa shape index (κ1) is 20.2. The molecular formula is C24H27N3O3S. The molecule has 31 heavy (non-hydrogen) atoms. The SMILES string of the molecule is O=C(NCC1(c2ccccc2)CCCC1)[C@@H]1CCCN1C1=NS(=O)(=O)c2ccccc21. The van der Waals surface area contributed by atoms with Crippen LogP contribution < -0.4 is 5.32 Å². The van der Waals surface area contributed by atoms with Crippen molar-refractivity contribution in [3.05, 3.63) is 65.7 Å². The highest BCUT2D eigenvalue weighted by molar-refractivity contribution is 7.90. The van der Waals surface area contributed by atoms with Gasteiger partial charge in [-0.3, -0.25) is 4.79 Å². The number of hydrogen-bond acceptors (Lipinski definition) is 4. The zero-order valence-corrected chi connectivity index (χ0v) is 18.3. The third-order valence-corrected chi connectivity index (χ3v) is 8.31. The monoisotopic (exact) mass is 437 g/mol. The van der Waals surface area contributed by atoms with E-state index in [1.54, 1.807) is 18.2 Å². The molecule has 0 radical (unpaired) electrons. The van der Waals surface area contributed by atoms with E-state index in [1.807, 2.05) is 17.0 Å². The number of amidine groups is 1. The average Bonchev–Trinajstić information content (AvgIpc) is 3.52. The van der Waals surface area contributed by atoms with Gasteiger partial charge in [0.2, 0.25) is 5.91 Å². The van der Waals surface area contributed by atoms with Gasteiger partial charge >= 0.3 is 0 Å². The number of rotatable bonds is 4. The lowest BCUT2D eigenvalue weighted by Gasteiger charge is -2.32. The maximum atomic E-state index is 13.3. The average molecular weight is 438 g/mol. The van der Waals surface area contributed by atoms with Gasteiger partial charge in [0.25, 0.3) is 10.0 Å². The van der Waals surface area contributed by atoms with Crippen molar-refractivity contribution in [2.45, 2.75) is 54.9 Å². The molecule has 2 fully saturated rings. The van der Waals surface area contributed by atoms with Crippen LogP contribution in [0.2, 0.25) is 0 Å². The van der Waals surface area contributed by atoms with E-state index in [-0.39, 0.29) is 16.2 Å². The number of hydrogen-bond donors (Lipinski definition) is 1. The van der Waals surface area contributed by atoms with Crippen molar-refractivity contribution in [2.75, 3.05) is 13.1 Å². The fourth-order valence-corrected chi connectivity index (χ4v) is 6.59. The summed E-state index contributed by atoms with van der Waals surface area (Å²) in [5.74, 6) is 0.371. The van der Waals surface area contributed by atoms with Gasteiger partial charge in [-0.1, -0.05) is 55.3 Å². The highest BCUT2D eigenvalue weighted by Crippen LogP contribution is 2.40. The van der Waals surface area contributed by atoms with E-state index in [0.717, 1.165) is 19.3 Å². The predicted octanol–water partition coefficient (Wildman–Crippen LogP) is 3.23. The van der Waals surface area contributed by atoms with E-state index in [1.165, 1.54) is 18.4 Å². The van der Waals surface area contributed by atoms with Gasteiger partial charge in [0, 0.05) is 24.1 Å². The fourth-order valence-electron chi connectivity index (χ4n) is 5.37. The van der Waals surface area contributed by atoms with Crippen molar-refractivity contribution < 1.29 is 13.2 Å². The van der Waals surface area contributed by atoms with Gasteiger partial charge in [0.15, 0.2) is 5.84 Å². The van der Waals surface area contributed by atoms with E-state index >= 15 is 0 Å². The van der Waals surface area contributed by atoms with Crippen molar-refractivity contribution in [2.24, 2.45) is 4.40 Å². The Morgan fingerprint density at radius 3 is 2.52 bits per heavy atom. The van der Waals surface area contributed by atoms with E-state index in [9.17, 15) is 13.2 Å². The van der Waals surface area contributed by atoms with Gasteiger partial charge in [-0.25, -0.2) is 0 Å². The molecule has 2 aromatic rings. The topological polar surface area (TPSA) is 78.8 Å². The summed E-state index contributed by atoms with van der Waals surface area (Å²) in [4.78, 5) is 15.4. The standard InChI is InChI=1S/C24H27N3O3S/c28-23(25-17-24(14-6-7-15-24)18-9-2-1-3-10-18)20-12-8-16-27(20)22-19-11-4-5-13-21(19)31(29,30)26-22/h1-5,9-11,13,20H,6-8,12,14-17H2,(H,25,28)/t20-/m0/s1. The van der Waals surface area contributed by atoms with Crippen LogP contribution in [-0.4, -0.2) is 44.2 Å². The van der Waals surface area contributed by atoms with Crippen molar-refractivity contribution in [1.29, 1.82) is 0 Å². The quantitative estimate of drug-likeness (QED) is 0.797. The Labute approximate surface area is 183 Å². The molecule has 3 aliphatic rings. The van der Waals surface area contributed by atoms with E-state index in [2.05, 4.69) is 34.0 Å². The van der Waals surface area contributed by atoms with Gasteiger partial charge in [-0.15, -0.1) is 4.40 Å². The summed E-state index contributed by atoms with van der Waals surface area (Å²) in [6.07, 6.45) is 6.03. The molecule has 0 unspecified atom stereocenters. The van der Waals surface area contributed by atoms with Crippen molar-refractivity contribution in [3.8, 4) is 0 Å². The van der Waals surface area contributed by atoms with E-state index in [4.69, 9.17) is 0 Å². The molecule has 2 aliphatic heterocycles. The normalized spacial score (nSPS) is 23.4. The molecule has 0 bridgehead atoms. The molecule has 6 nitrogen and oxygen atoms in total. The molecule has 1 saturated carbocycles. The molecule has 1 atom stereocenters. The summed E-state index contributed by atoms with van der Waals surface area (Å²) < 4.78 is 29.0. The molecule has 162 valence electrons. The Hall–Kier alpha value is -2.67. The van der Waals surface area contributed by atoms with Crippen LogP contribution in [0.3, 0.4) is 0 Å². The lowest BCUT2D eigenvalue weighted by molar-refractivity contribution is -0.124. The Morgan fingerprint density at radius 1 is 1.03 bits per heavy atom. The summed E-state index contributed by atoms with van der Waals surface area (Å²) in [7, 11) is -3.70. The summed E-state index contributed by atoms with van der Waals surface area (Å²) in [6.45, 7) is 1.24. The molecule has 1 amide bonds. The van der Waals surface area contributed by atoms with E-state index in [0.29, 0.717) is 30.9 Å². The van der Waals surface area contributed by atoms with Crippen LogP contribution >= 0.6 is 0 Å². The minimum absolute atomic E-state index is 0.0127. The number of carbonyl (C=O) groups is 1. The molecule has 1 N–H and O–H groups in total. The lowest BCUT2D eigenvalue weighted by atomic mass is 9.79. The predicted molar refractivity (Wildman–Crippen MR) is 119 cm³/mol. The number of amides is 1. The Bertz CT molecular complexity index is 1120. The van der Waals surface area contributed by atoms with Crippen molar-refractivity contribution in [1.82, 2.24) is 10.2 Å². The zero-order chi connectivity index (χ0) is 21.5. The minimum Gasteiger partial charge on any atom is -0.353 e. The summed E-state index contributed by atoms with van der Waals surface area (Å²) >= 11 is 0. The number of sulfonamides is 1. The Kier molecular flexibility index (Phi) is 5.08. The molecule has 2 aromatic carbocycles. The number of nitrogens with zero attached hydrogens (tertiary/aromatic N) is 2. The number of nitrogens with one attached hydrogen (secondary N) is 1. The summed E-state index contributed by atoms with van der Waals surface area (Å²) in [6, 6.07) is 16.9. The Balaban J connectivity index is 1.35. The second-order valence-electron chi connectivity index (χ2n) is 8.81. The second kappa shape index (κ2) is 7.79. The molecule has 1 aliphatic carbocycles. The third kappa shape index (κ3) is 3.55. The number of benzene rings is 2. The zero-order valence-electron chi connectivity index (χ0n) is 17.5.